The Balaban J connectivity index is 2.03. The van der Waals surface area contributed by atoms with E-state index in [2.05, 4.69) is 17.4 Å². The monoisotopic (exact) mass is 298 g/mol. The summed E-state index contributed by atoms with van der Waals surface area (Å²) in [7, 11) is 0. The summed E-state index contributed by atoms with van der Waals surface area (Å²) in [5.41, 5.74) is 2.69. The predicted molar refractivity (Wildman–Crippen MR) is 88.8 cm³/mol. The van der Waals surface area contributed by atoms with Gasteiger partial charge in [0.25, 0.3) is 0 Å². The Hall–Kier alpha value is -3.55. The number of benzene rings is 2. The third-order valence-corrected chi connectivity index (χ3v) is 3.34. The van der Waals surface area contributed by atoms with Gasteiger partial charge in [0.05, 0.1) is 5.57 Å². The van der Waals surface area contributed by atoms with Gasteiger partial charge in [-0.15, -0.1) is 0 Å². The summed E-state index contributed by atoms with van der Waals surface area (Å²) in [4.78, 5) is 0. The summed E-state index contributed by atoms with van der Waals surface area (Å²) in [6.07, 6.45) is 0.916. The molecule has 1 N–H and O–H groups in total. The van der Waals surface area contributed by atoms with Gasteiger partial charge < -0.3 is 5.32 Å². The van der Waals surface area contributed by atoms with Gasteiger partial charge in [-0.2, -0.15) is 15.8 Å². The van der Waals surface area contributed by atoms with Crippen LogP contribution in [-0.4, -0.2) is 6.54 Å². The molecule has 23 heavy (non-hydrogen) atoms. The van der Waals surface area contributed by atoms with Gasteiger partial charge in [-0.05, 0) is 29.7 Å². The molecule has 110 valence electrons. The van der Waals surface area contributed by atoms with Crippen LogP contribution in [0.2, 0.25) is 0 Å². The van der Waals surface area contributed by atoms with Crippen molar-refractivity contribution in [3.8, 4) is 18.2 Å². The zero-order chi connectivity index (χ0) is 16.5. The Labute approximate surface area is 135 Å². The van der Waals surface area contributed by atoms with E-state index >= 15 is 0 Å². The topological polar surface area (TPSA) is 83.4 Å². The molecule has 0 fully saturated rings. The average Bonchev–Trinajstić information content (AvgIpc) is 2.61. The van der Waals surface area contributed by atoms with Crippen LogP contribution in [0, 0.1) is 34.0 Å². The Morgan fingerprint density at radius 2 is 1.48 bits per heavy atom. The Kier molecular flexibility index (Phi) is 5.53. The van der Waals surface area contributed by atoms with Gasteiger partial charge in [0.1, 0.15) is 23.8 Å². The van der Waals surface area contributed by atoms with E-state index < -0.39 is 0 Å². The first-order valence-electron chi connectivity index (χ1n) is 7.11. The Morgan fingerprint density at radius 3 is 2.04 bits per heavy atom. The molecule has 0 heterocycles. The summed E-state index contributed by atoms with van der Waals surface area (Å²) in [6, 6.07) is 22.8. The van der Waals surface area contributed by atoms with Gasteiger partial charge in [0.2, 0.25) is 0 Å². The lowest BCUT2D eigenvalue weighted by atomic mass is 10.0. The van der Waals surface area contributed by atoms with E-state index in [-0.39, 0.29) is 11.1 Å². The highest BCUT2D eigenvalue weighted by Gasteiger charge is 2.08. The van der Waals surface area contributed by atoms with Crippen LogP contribution in [0.5, 0.6) is 0 Å². The fraction of sp³-hybridized carbons (Fsp3) is 0.105. The molecule has 0 saturated carbocycles. The van der Waals surface area contributed by atoms with E-state index in [1.807, 2.05) is 36.4 Å². The van der Waals surface area contributed by atoms with E-state index in [1.165, 1.54) is 5.56 Å². The van der Waals surface area contributed by atoms with Crippen LogP contribution < -0.4 is 5.32 Å². The number of anilines is 1. The summed E-state index contributed by atoms with van der Waals surface area (Å²) in [6.45, 7) is 0.798. The second-order valence-corrected chi connectivity index (χ2v) is 4.83. The third kappa shape index (κ3) is 4.21. The number of hydrogen-bond donors (Lipinski definition) is 1. The normalized spacial score (nSPS) is 9.09. The minimum absolute atomic E-state index is 0.103. The van der Waals surface area contributed by atoms with Crippen LogP contribution in [0.15, 0.2) is 60.2 Å². The summed E-state index contributed by atoms with van der Waals surface area (Å²) in [5, 5.41) is 30.2. The van der Waals surface area contributed by atoms with E-state index in [1.54, 1.807) is 24.3 Å². The molecule has 2 aromatic carbocycles. The molecule has 2 aromatic rings. The number of nitrogens with zero attached hydrogens (tertiary/aromatic N) is 3. The Bertz CT molecular complexity index is 797. The van der Waals surface area contributed by atoms with Crippen molar-refractivity contribution in [3.63, 3.8) is 0 Å². The molecule has 0 amide bonds. The van der Waals surface area contributed by atoms with Crippen LogP contribution >= 0.6 is 0 Å². The van der Waals surface area contributed by atoms with E-state index in [4.69, 9.17) is 15.8 Å². The fourth-order valence-electron chi connectivity index (χ4n) is 2.15. The third-order valence-electron chi connectivity index (χ3n) is 3.34. The van der Waals surface area contributed by atoms with Gasteiger partial charge in [-0.1, -0.05) is 42.5 Å². The highest BCUT2D eigenvalue weighted by Crippen LogP contribution is 2.20. The van der Waals surface area contributed by atoms with Crippen molar-refractivity contribution in [2.45, 2.75) is 6.42 Å². The molecule has 0 bridgehead atoms. The first kappa shape index (κ1) is 15.8. The minimum Gasteiger partial charge on any atom is -0.385 e. The molecule has 2 rings (SSSR count). The van der Waals surface area contributed by atoms with Crippen LogP contribution in [0.4, 0.5) is 5.69 Å². The molecule has 0 aliphatic carbocycles. The van der Waals surface area contributed by atoms with E-state index in [0.717, 1.165) is 18.7 Å². The van der Waals surface area contributed by atoms with Gasteiger partial charge in [0.15, 0.2) is 0 Å². The van der Waals surface area contributed by atoms with Crippen LogP contribution in [0.25, 0.3) is 5.57 Å². The van der Waals surface area contributed by atoms with E-state index in [0.29, 0.717) is 5.56 Å². The van der Waals surface area contributed by atoms with Crippen molar-refractivity contribution in [2.24, 2.45) is 0 Å². The molecule has 0 saturated heterocycles. The highest BCUT2D eigenvalue weighted by molar-refractivity contribution is 5.84. The molecule has 0 unspecified atom stereocenters. The lowest BCUT2D eigenvalue weighted by Crippen LogP contribution is -2.04. The maximum absolute atomic E-state index is 9.12. The fourth-order valence-corrected chi connectivity index (χ4v) is 2.15. The summed E-state index contributed by atoms with van der Waals surface area (Å²) in [5.74, 6) is 0. The standard InChI is InChI=1S/C19H14N4/c20-12-17(13-21)19(14-22)16-6-8-18(9-7-16)23-11-10-15-4-2-1-3-5-15/h1-9,23H,10-11H2. The van der Waals surface area contributed by atoms with Crippen molar-refractivity contribution < 1.29 is 0 Å². The van der Waals surface area contributed by atoms with Gasteiger partial charge in [-0.3, -0.25) is 0 Å². The maximum Gasteiger partial charge on any atom is 0.148 e. The van der Waals surface area contributed by atoms with Crippen molar-refractivity contribution in [1.29, 1.82) is 15.8 Å². The molecular weight excluding hydrogens is 284 g/mol. The quantitative estimate of drug-likeness (QED) is 0.854. The molecule has 0 atom stereocenters. The van der Waals surface area contributed by atoms with Crippen LogP contribution in [0.3, 0.4) is 0 Å². The summed E-state index contributed by atoms with van der Waals surface area (Å²) < 4.78 is 0. The lowest BCUT2D eigenvalue weighted by Gasteiger charge is -2.07. The first-order valence-corrected chi connectivity index (χ1v) is 7.11. The van der Waals surface area contributed by atoms with Gasteiger partial charge in [0, 0.05) is 12.2 Å². The van der Waals surface area contributed by atoms with Crippen molar-refractivity contribution >= 4 is 11.3 Å². The number of rotatable bonds is 5. The van der Waals surface area contributed by atoms with E-state index in [9.17, 15) is 0 Å². The zero-order valence-electron chi connectivity index (χ0n) is 12.5. The zero-order valence-corrected chi connectivity index (χ0v) is 12.5. The molecule has 0 spiro atoms. The molecule has 0 radical (unpaired) electrons. The number of allylic oxidation sites excluding steroid dienone is 2. The SMILES string of the molecule is N#CC(C#N)=C(C#N)c1ccc(NCCc2ccccc2)cc1. The molecule has 0 aromatic heterocycles. The van der Waals surface area contributed by atoms with Gasteiger partial charge in [-0.25, -0.2) is 0 Å². The number of nitriles is 3. The first-order chi connectivity index (χ1) is 11.3. The average molecular weight is 298 g/mol. The second-order valence-electron chi connectivity index (χ2n) is 4.83. The Morgan fingerprint density at radius 1 is 0.826 bits per heavy atom. The maximum atomic E-state index is 9.12. The number of nitrogens with one attached hydrogen (secondary N) is 1. The van der Waals surface area contributed by atoms with Crippen molar-refractivity contribution in [1.82, 2.24) is 0 Å². The summed E-state index contributed by atoms with van der Waals surface area (Å²) >= 11 is 0. The van der Waals surface area contributed by atoms with Crippen LogP contribution in [-0.2, 0) is 6.42 Å². The highest BCUT2D eigenvalue weighted by atomic mass is 14.9. The molecule has 0 aliphatic rings. The molecular formula is C19H14N4. The molecule has 0 aliphatic heterocycles. The smallest absolute Gasteiger partial charge is 0.148 e. The lowest BCUT2D eigenvalue weighted by molar-refractivity contribution is 1.02. The largest absolute Gasteiger partial charge is 0.385 e. The minimum atomic E-state index is -0.169. The predicted octanol–water partition coefficient (Wildman–Crippen LogP) is 3.67. The van der Waals surface area contributed by atoms with Crippen molar-refractivity contribution in [3.05, 3.63) is 71.3 Å². The van der Waals surface area contributed by atoms with Gasteiger partial charge >= 0.3 is 0 Å². The molecule has 4 heteroatoms. The molecule has 4 nitrogen and oxygen atoms in total. The second kappa shape index (κ2) is 8.03. The van der Waals surface area contributed by atoms with Crippen LogP contribution in [0.1, 0.15) is 11.1 Å². The van der Waals surface area contributed by atoms with Crippen molar-refractivity contribution in [2.75, 3.05) is 11.9 Å². The number of hydrogen-bond acceptors (Lipinski definition) is 4.